The Labute approximate surface area is 77.6 Å². The van der Waals surface area contributed by atoms with Gasteiger partial charge in [0.2, 0.25) is 0 Å². The van der Waals surface area contributed by atoms with Gasteiger partial charge < -0.3 is 0 Å². The van der Waals surface area contributed by atoms with Crippen molar-refractivity contribution in [2.45, 2.75) is 13.8 Å². The summed E-state index contributed by atoms with van der Waals surface area (Å²) < 4.78 is 0. The molecule has 0 unspecified atom stereocenters. The molecule has 0 atom stereocenters. The van der Waals surface area contributed by atoms with Crippen molar-refractivity contribution in [2.75, 3.05) is 0 Å². The number of nitrogens with zero attached hydrogens (tertiary/aromatic N) is 1. The quantitative estimate of drug-likeness (QED) is 0.499. The molecule has 0 spiro atoms. The summed E-state index contributed by atoms with van der Waals surface area (Å²) in [5.74, 6) is 2.69. The van der Waals surface area contributed by atoms with Crippen molar-refractivity contribution in [3.63, 3.8) is 0 Å². The van der Waals surface area contributed by atoms with Crippen LogP contribution in [0.5, 0.6) is 0 Å². The maximum atomic E-state index is 10.8. The standard InChI is InChI=1S/C11H11NO/c1-9(10(2)13)8-12-11-6-4-3-5-7-11/h3-7H,1-2H3. The summed E-state index contributed by atoms with van der Waals surface area (Å²) in [6.45, 7) is 3.21. The van der Waals surface area contributed by atoms with Crippen LogP contribution in [0, 0.1) is 0 Å². The number of hydrogen-bond donors (Lipinski definition) is 0. The van der Waals surface area contributed by atoms with E-state index in [2.05, 4.69) is 10.9 Å². The lowest BCUT2D eigenvalue weighted by Gasteiger charge is -1.88. The van der Waals surface area contributed by atoms with Crippen molar-refractivity contribution in [3.8, 4) is 0 Å². The third kappa shape index (κ3) is 3.06. The average Bonchev–Trinajstić information content (AvgIpc) is 2.15. The first kappa shape index (κ1) is 9.43. The normalized spacial score (nSPS) is 8.77. The van der Waals surface area contributed by atoms with E-state index in [4.69, 9.17) is 0 Å². The number of benzene rings is 1. The molecule has 0 saturated heterocycles. The van der Waals surface area contributed by atoms with Gasteiger partial charge in [-0.3, -0.25) is 4.79 Å². The van der Waals surface area contributed by atoms with Gasteiger partial charge in [-0.05, 0) is 31.9 Å². The fourth-order valence-corrected chi connectivity index (χ4v) is 0.730. The van der Waals surface area contributed by atoms with Crippen molar-refractivity contribution in [1.29, 1.82) is 0 Å². The molecule has 0 aliphatic carbocycles. The molecule has 1 aromatic rings. The van der Waals surface area contributed by atoms with E-state index in [1.807, 2.05) is 30.3 Å². The van der Waals surface area contributed by atoms with Gasteiger partial charge in [0.15, 0.2) is 5.78 Å². The summed E-state index contributed by atoms with van der Waals surface area (Å²) in [5.41, 5.74) is 1.35. The van der Waals surface area contributed by atoms with Gasteiger partial charge in [-0.2, -0.15) is 0 Å². The van der Waals surface area contributed by atoms with Gasteiger partial charge in [0.1, 0.15) is 0 Å². The molecule has 0 fully saturated rings. The Morgan fingerprint density at radius 2 is 1.85 bits per heavy atom. The summed E-state index contributed by atoms with van der Waals surface area (Å²) in [4.78, 5) is 14.8. The highest BCUT2D eigenvalue weighted by atomic mass is 16.1. The number of rotatable bonds is 2. The van der Waals surface area contributed by atoms with Crippen LogP contribution in [0.1, 0.15) is 13.8 Å². The maximum absolute atomic E-state index is 10.8. The SMILES string of the molecule is CC(=O)C(C)=C=Nc1ccccc1. The Morgan fingerprint density at radius 1 is 1.23 bits per heavy atom. The van der Waals surface area contributed by atoms with Gasteiger partial charge in [-0.1, -0.05) is 18.2 Å². The Kier molecular flexibility index (Phi) is 3.18. The summed E-state index contributed by atoms with van der Waals surface area (Å²) >= 11 is 0. The van der Waals surface area contributed by atoms with E-state index in [1.165, 1.54) is 6.92 Å². The van der Waals surface area contributed by atoms with Crippen LogP contribution >= 0.6 is 0 Å². The Bertz CT molecular complexity index is 359. The first-order valence-electron chi connectivity index (χ1n) is 4.06. The van der Waals surface area contributed by atoms with Crippen molar-refractivity contribution in [1.82, 2.24) is 0 Å². The first-order chi connectivity index (χ1) is 6.20. The number of carbonyl (C=O) groups excluding carboxylic acids is 1. The van der Waals surface area contributed by atoms with Crippen molar-refractivity contribution in [2.24, 2.45) is 4.99 Å². The molecule has 0 aliphatic heterocycles. The molecule has 0 saturated carbocycles. The number of Topliss-reactive ketones (excluding diaryl/α,β-unsaturated/α-hetero) is 1. The predicted molar refractivity (Wildman–Crippen MR) is 53.4 cm³/mol. The lowest BCUT2D eigenvalue weighted by molar-refractivity contribution is -0.113. The fraction of sp³-hybridized carbons (Fsp3) is 0.182. The van der Waals surface area contributed by atoms with E-state index in [-0.39, 0.29) is 5.78 Å². The van der Waals surface area contributed by atoms with E-state index >= 15 is 0 Å². The molecular weight excluding hydrogens is 162 g/mol. The molecule has 66 valence electrons. The van der Waals surface area contributed by atoms with E-state index < -0.39 is 0 Å². The molecule has 0 bridgehead atoms. The summed E-state index contributed by atoms with van der Waals surface area (Å²) in [6, 6.07) is 9.43. The number of aliphatic imine (C=N–C) groups is 1. The smallest absolute Gasteiger partial charge is 0.164 e. The number of carbonyl (C=O) groups is 1. The third-order valence-corrected chi connectivity index (χ3v) is 1.64. The zero-order valence-corrected chi connectivity index (χ0v) is 7.74. The molecular formula is C11H11NO. The largest absolute Gasteiger partial charge is 0.294 e. The second kappa shape index (κ2) is 4.39. The second-order valence-corrected chi connectivity index (χ2v) is 2.74. The first-order valence-corrected chi connectivity index (χ1v) is 4.06. The van der Waals surface area contributed by atoms with E-state index in [9.17, 15) is 4.79 Å². The molecule has 0 aliphatic rings. The minimum atomic E-state index is -0.000295. The number of hydrogen-bond acceptors (Lipinski definition) is 2. The molecule has 0 radical (unpaired) electrons. The van der Waals surface area contributed by atoms with Crippen LogP contribution in [0.25, 0.3) is 0 Å². The van der Waals surface area contributed by atoms with Gasteiger partial charge in [0.05, 0.1) is 11.3 Å². The minimum absolute atomic E-state index is 0.000295. The molecule has 0 N–H and O–H groups in total. The Balaban J connectivity index is 2.92. The Hall–Kier alpha value is -1.66. The van der Waals surface area contributed by atoms with E-state index in [0.29, 0.717) is 5.57 Å². The Morgan fingerprint density at radius 3 is 2.38 bits per heavy atom. The van der Waals surface area contributed by atoms with E-state index in [1.54, 1.807) is 6.92 Å². The molecule has 0 aromatic heterocycles. The van der Waals surface area contributed by atoms with Gasteiger partial charge in [0, 0.05) is 0 Å². The molecule has 0 heterocycles. The highest BCUT2D eigenvalue weighted by Crippen LogP contribution is 2.07. The van der Waals surface area contributed by atoms with Gasteiger partial charge in [0.25, 0.3) is 0 Å². The van der Waals surface area contributed by atoms with Crippen LogP contribution in [-0.4, -0.2) is 11.7 Å². The predicted octanol–water partition coefficient (Wildman–Crippen LogP) is 2.52. The molecule has 2 heteroatoms. The summed E-state index contributed by atoms with van der Waals surface area (Å²) in [7, 11) is 0. The molecule has 1 aromatic carbocycles. The average molecular weight is 173 g/mol. The monoisotopic (exact) mass is 173 g/mol. The maximum Gasteiger partial charge on any atom is 0.164 e. The van der Waals surface area contributed by atoms with Gasteiger partial charge in [-0.15, -0.1) is 0 Å². The van der Waals surface area contributed by atoms with E-state index in [0.717, 1.165) is 5.69 Å². The highest BCUT2D eigenvalue weighted by molar-refractivity contribution is 6.01. The van der Waals surface area contributed by atoms with Gasteiger partial charge >= 0.3 is 0 Å². The van der Waals surface area contributed by atoms with Crippen molar-refractivity contribution in [3.05, 3.63) is 35.9 Å². The third-order valence-electron chi connectivity index (χ3n) is 1.64. The lowest BCUT2D eigenvalue weighted by atomic mass is 10.2. The van der Waals surface area contributed by atoms with Crippen LogP contribution < -0.4 is 0 Å². The zero-order chi connectivity index (χ0) is 9.68. The van der Waals surface area contributed by atoms with Crippen LogP contribution in [0.4, 0.5) is 5.69 Å². The number of allylic oxidation sites excluding steroid dienone is 1. The van der Waals surface area contributed by atoms with Crippen LogP contribution in [0.3, 0.4) is 0 Å². The lowest BCUT2D eigenvalue weighted by Crippen LogP contribution is -1.90. The van der Waals surface area contributed by atoms with Gasteiger partial charge in [-0.25, -0.2) is 4.99 Å². The van der Waals surface area contributed by atoms with Crippen LogP contribution in [-0.2, 0) is 4.79 Å². The van der Waals surface area contributed by atoms with Crippen LogP contribution in [0.15, 0.2) is 40.9 Å². The summed E-state index contributed by atoms with van der Waals surface area (Å²) in [6.07, 6.45) is 0. The fourth-order valence-electron chi connectivity index (χ4n) is 0.730. The minimum Gasteiger partial charge on any atom is -0.294 e. The summed E-state index contributed by atoms with van der Waals surface area (Å²) in [5, 5.41) is 0. The number of ketones is 1. The highest BCUT2D eigenvalue weighted by Gasteiger charge is 1.92. The zero-order valence-electron chi connectivity index (χ0n) is 7.74. The van der Waals surface area contributed by atoms with Crippen molar-refractivity contribution >= 4 is 17.3 Å². The number of para-hydroxylation sites is 1. The molecule has 2 nitrogen and oxygen atoms in total. The van der Waals surface area contributed by atoms with Crippen LogP contribution in [0.2, 0.25) is 0 Å². The molecule has 13 heavy (non-hydrogen) atoms. The molecule has 0 amide bonds. The topological polar surface area (TPSA) is 29.4 Å². The second-order valence-electron chi connectivity index (χ2n) is 2.74. The van der Waals surface area contributed by atoms with Crippen molar-refractivity contribution < 1.29 is 4.79 Å². The molecule has 1 rings (SSSR count).